The topological polar surface area (TPSA) is 36.1 Å². The van der Waals surface area contributed by atoms with Gasteiger partial charge >= 0.3 is 0 Å². The molecule has 0 aromatic carbocycles. The van der Waals surface area contributed by atoms with Gasteiger partial charge in [-0.3, -0.25) is 0 Å². The highest BCUT2D eigenvalue weighted by atomic mass is 28.5. The molecular weight excluding hydrogens is 262 g/mol. The standard InChI is InChI=1S/C9H29N3Si4/c1-13(2)9-14(3,4)11-16(7,8)12-15(5,6)10-13/h10-12H,9H2,1-8H3. The Morgan fingerprint density at radius 3 is 1.19 bits per heavy atom. The van der Waals surface area contributed by atoms with Crippen molar-refractivity contribution < 1.29 is 0 Å². The third-order valence-electron chi connectivity index (χ3n) is 2.81. The summed E-state index contributed by atoms with van der Waals surface area (Å²) in [4.78, 5) is 0. The molecule has 0 atom stereocenters. The Balaban J connectivity index is 2.98. The van der Waals surface area contributed by atoms with Crippen molar-refractivity contribution in [2.24, 2.45) is 0 Å². The van der Waals surface area contributed by atoms with Crippen molar-refractivity contribution >= 4 is 33.3 Å². The molecule has 0 amide bonds. The van der Waals surface area contributed by atoms with Crippen molar-refractivity contribution in [1.29, 1.82) is 0 Å². The third-order valence-corrected chi connectivity index (χ3v) is 25.3. The normalized spacial score (nSPS) is 31.5. The Kier molecular flexibility index (Phi) is 3.84. The number of rotatable bonds is 0. The van der Waals surface area contributed by atoms with Gasteiger partial charge < -0.3 is 13.9 Å². The van der Waals surface area contributed by atoms with E-state index in [0.29, 0.717) is 0 Å². The highest BCUT2D eigenvalue weighted by molar-refractivity contribution is 7.07. The van der Waals surface area contributed by atoms with E-state index in [4.69, 9.17) is 0 Å². The monoisotopic (exact) mass is 291 g/mol. The van der Waals surface area contributed by atoms with Crippen molar-refractivity contribution in [2.75, 3.05) is 0 Å². The Morgan fingerprint density at radius 2 is 0.875 bits per heavy atom. The maximum Gasteiger partial charge on any atom is 0.182 e. The summed E-state index contributed by atoms with van der Waals surface area (Å²) in [5.74, 6) is 0. The van der Waals surface area contributed by atoms with E-state index in [1.54, 1.807) is 0 Å². The van der Waals surface area contributed by atoms with E-state index in [9.17, 15) is 0 Å². The lowest BCUT2D eigenvalue weighted by atomic mass is 11.8. The third kappa shape index (κ3) is 4.55. The smallest absolute Gasteiger partial charge is 0.182 e. The van der Waals surface area contributed by atoms with Crippen LogP contribution in [0.4, 0.5) is 0 Å². The van der Waals surface area contributed by atoms with Crippen LogP contribution in [0.3, 0.4) is 0 Å². The van der Waals surface area contributed by atoms with E-state index in [2.05, 4.69) is 66.3 Å². The van der Waals surface area contributed by atoms with Crippen molar-refractivity contribution in [1.82, 2.24) is 13.9 Å². The summed E-state index contributed by atoms with van der Waals surface area (Å²) in [7, 11) is -5.32. The Hall–Kier alpha value is 0.748. The van der Waals surface area contributed by atoms with Crippen LogP contribution in [0, 0.1) is 0 Å². The summed E-state index contributed by atoms with van der Waals surface area (Å²) in [5.41, 5.74) is 1.44. The molecule has 16 heavy (non-hydrogen) atoms. The molecule has 1 rings (SSSR count). The van der Waals surface area contributed by atoms with E-state index in [-0.39, 0.29) is 0 Å². The second kappa shape index (κ2) is 4.14. The number of hydrogen-bond donors (Lipinski definition) is 3. The van der Waals surface area contributed by atoms with Gasteiger partial charge in [-0.15, -0.1) is 0 Å². The van der Waals surface area contributed by atoms with Crippen LogP contribution in [-0.2, 0) is 0 Å². The fourth-order valence-electron chi connectivity index (χ4n) is 3.73. The van der Waals surface area contributed by atoms with E-state index in [0.717, 1.165) is 0 Å². The lowest BCUT2D eigenvalue weighted by molar-refractivity contribution is 1.09. The zero-order chi connectivity index (χ0) is 12.8. The summed E-state index contributed by atoms with van der Waals surface area (Å²) in [6.45, 7) is 19.6. The van der Waals surface area contributed by atoms with Gasteiger partial charge in [0.15, 0.2) is 16.8 Å². The Morgan fingerprint density at radius 1 is 0.562 bits per heavy atom. The summed E-state index contributed by atoms with van der Waals surface area (Å²) in [6.07, 6.45) is 0. The van der Waals surface area contributed by atoms with Crippen LogP contribution in [0.2, 0.25) is 58.0 Å². The molecular formula is C9H29N3Si4. The Bertz CT molecular complexity index is 204. The molecule has 96 valence electrons. The molecule has 3 nitrogen and oxygen atoms in total. The number of nitrogens with one attached hydrogen (secondary N) is 3. The molecule has 0 aliphatic carbocycles. The number of hydrogen-bond acceptors (Lipinski definition) is 3. The Labute approximate surface area is 105 Å². The molecule has 1 aliphatic rings. The van der Waals surface area contributed by atoms with Gasteiger partial charge in [-0.25, -0.2) is 0 Å². The molecule has 0 saturated carbocycles. The molecule has 7 heteroatoms. The van der Waals surface area contributed by atoms with E-state index < -0.39 is 33.3 Å². The zero-order valence-corrected chi connectivity index (χ0v) is 16.2. The predicted molar refractivity (Wildman–Crippen MR) is 84.1 cm³/mol. The minimum absolute atomic E-state index is 1.24. The molecule has 3 N–H and O–H groups in total. The lowest BCUT2D eigenvalue weighted by Gasteiger charge is -2.48. The average molecular weight is 292 g/mol. The molecule has 1 fully saturated rings. The van der Waals surface area contributed by atoms with Crippen LogP contribution in [0.5, 0.6) is 0 Å². The fraction of sp³-hybridized carbons (Fsp3) is 1.00. The quantitative estimate of drug-likeness (QED) is 0.598. The van der Waals surface area contributed by atoms with Gasteiger partial charge in [-0.05, 0) is 31.9 Å². The molecule has 1 heterocycles. The molecule has 0 bridgehead atoms. The van der Waals surface area contributed by atoms with Crippen LogP contribution < -0.4 is 13.9 Å². The SMILES string of the molecule is C[Si]1(C)C[Si](C)(C)N[Si](C)(C)N[Si](C)(C)N1. The second-order valence-corrected chi connectivity index (χ2v) is 26.0. The molecule has 0 spiro atoms. The first kappa shape index (κ1) is 14.8. The minimum atomic E-state index is -1.42. The second-order valence-electron chi connectivity index (χ2n) is 7.57. The lowest BCUT2D eigenvalue weighted by Crippen LogP contribution is -2.81. The highest BCUT2D eigenvalue weighted by Gasteiger charge is 2.45. The van der Waals surface area contributed by atoms with Crippen molar-refractivity contribution in [3.63, 3.8) is 0 Å². The van der Waals surface area contributed by atoms with Gasteiger partial charge in [0.1, 0.15) is 16.5 Å². The van der Waals surface area contributed by atoms with E-state index in [1.165, 1.54) is 5.67 Å². The van der Waals surface area contributed by atoms with Crippen LogP contribution >= 0.6 is 0 Å². The first-order valence-corrected chi connectivity index (χ1v) is 18.6. The summed E-state index contributed by atoms with van der Waals surface area (Å²) in [6, 6.07) is 0. The van der Waals surface area contributed by atoms with Gasteiger partial charge in [-0.2, -0.15) is 0 Å². The largest absolute Gasteiger partial charge is 0.348 e. The van der Waals surface area contributed by atoms with Crippen LogP contribution in [-0.4, -0.2) is 33.3 Å². The van der Waals surface area contributed by atoms with Gasteiger partial charge in [0, 0.05) is 0 Å². The maximum absolute atomic E-state index is 4.04. The minimum Gasteiger partial charge on any atom is -0.348 e. The average Bonchev–Trinajstić information content (AvgIpc) is 1.67. The first-order chi connectivity index (χ1) is 6.83. The van der Waals surface area contributed by atoms with E-state index in [1.807, 2.05) is 0 Å². The van der Waals surface area contributed by atoms with Crippen LogP contribution in [0.1, 0.15) is 0 Å². The van der Waals surface area contributed by atoms with Crippen molar-refractivity contribution in [3.05, 3.63) is 0 Å². The van der Waals surface area contributed by atoms with Gasteiger partial charge in [0.05, 0.1) is 0 Å². The van der Waals surface area contributed by atoms with E-state index >= 15 is 0 Å². The summed E-state index contributed by atoms with van der Waals surface area (Å²) in [5, 5.41) is 0. The van der Waals surface area contributed by atoms with Crippen molar-refractivity contribution in [2.45, 2.75) is 58.0 Å². The van der Waals surface area contributed by atoms with Gasteiger partial charge in [0.25, 0.3) is 0 Å². The van der Waals surface area contributed by atoms with Gasteiger partial charge in [0.2, 0.25) is 0 Å². The highest BCUT2D eigenvalue weighted by Crippen LogP contribution is 2.21. The fourth-order valence-corrected chi connectivity index (χ4v) is 36.3. The summed E-state index contributed by atoms with van der Waals surface area (Å²) < 4.78 is 12.1. The molecule has 0 radical (unpaired) electrons. The molecule has 1 aliphatic heterocycles. The maximum atomic E-state index is 4.04. The molecule has 1 saturated heterocycles. The van der Waals surface area contributed by atoms with Crippen molar-refractivity contribution in [3.8, 4) is 0 Å². The van der Waals surface area contributed by atoms with Crippen LogP contribution in [0.25, 0.3) is 0 Å². The molecule has 0 aromatic heterocycles. The molecule has 0 aromatic rings. The predicted octanol–water partition coefficient (Wildman–Crippen LogP) is 2.12. The molecule has 0 unspecified atom stereocenters. The zero-order valence-electron chi connectivity index (χ0n) is 12.2. The first-order valence-electron chi connectivity index (χ1n) is 6.21. The summed E-state index contributed by atoms with van der Waals surface area (Å²) >= 11 is 0. The van der Waals surface area contributed by atoms with Crippen LogP contribution in [0.15, 0.2) is 0 Å². The van der Waals surface area contributed by atoms with Gasteiger partial charge in [-0.1, -0.05) is 26.2 Å².